The van der Waals surface area contributed by atoms with Gasteiger partial charge in [0.05, 0.1) is 0 Å². The van der Waals surface area contributed by atoms with E-state index in [-0.39, 0.29) is 0 Å². The number of hydrogen-bond donors (Lipinski definition) is 1. The highest BCUT2D eigenvalue weighted by Crippen LogP contribution is 2.13. The van der Waals surface area contributed by atoms with E-state index < -0.39 is 0 Å². The molecule has 1 rings (SSSR count). The third-order valence-electron chi connectivity index (χ3n) is 1.87. The molecule has 0 aromatic carbocycles. The summed E-state index contributed by atoms with van der Waals surface area (Å²) >= 11 is 0. The van der Waals surface area contributed by atoms with E-state index in [9.17, 15) is 0 Å². The average molecular weight is 162 g/mol. The van der Waals surface area contributed by atoms with Crippen LogP contribution < -0.4 is 5.73 Å². The minimum absolute atomic E-state index is 0.618. The maximum atomic E-state index is 5.67. The fourth-order valence-corrected chi connectivity index (χ4v) is 0.995. The van der Waals surface area contributed by atoms with Crippen LogP contribution in [0, 0.1) is 0 Å². The second kappa shape index (κ2) is 3.90. The summed E-state index contributed by atoms with van der Waals surface area (Å²) in [6.07, 6.45) is 3.54. The maximum Gasteiger partial charge on any atom is 0.126 e. The van der Waals surface area contributed by atoms with Gasteiger partial charge >= 0.3 is 0 Å². The molecular weight excluding hydrogens is 148 g/mol. The van der Waals surface area contributed by atoms with Crippen molar-refractivity contribution in [3.05, 3.63) is 36.0 Å². The van der Waals surface area contributed by atoms with E-state index in [4.69, 9.17) is 5.73 Å². The Morgan fingerprint density at radius 3 is 3.00 bits per heavy atom. The van der Waals surface area contributed by atoms with Gasteiger partial charge in [0.1, 0.15) is 5.82 Å². The first-order valence-electron chi connectivity index (χ1n) is 4.10. The summed E-state index contributed by atoms with van der Waals surface area (Å²) in [5.74, 6) is 0.618. The Kier molecular flexibility index (Phi) is 2.86. The first-order chi connectivity index (χ1) is 5.74. The topological polar surface area (TPSA) is 38.9 Å². The lowest BCUT2D eigenvalue weighted by Gasteiger charge is -2.04. The Morgan fingerprint density at radius 1 is 1.67 bits per heavy atom. The SMILES string of the molecule is C=C(CC)Cc1cccnc1N. The first-order valence-corrected chi connectivity index (χ1v) is 4.10. The van der Waals surface area contributed by atoms with Gasteiger partial charge in [-0.1, -0.05) is 25.1 Å². The summed E-state index contributed by atoms with van der Waals surface area (Å²) in [4.78, 5) is 4.00. The van der Waals surface area contributed by atoms with Crippen LogP contribution in [0.5, 0.6) is 0 Å². The number of hydrogen-bond acceptors (Lipinski definition) is 2. The lowest BCUT2D eigenvalue weighted by atomic mass is 10.1. The maximum absolute atomic E-state index is 5.67. The van der Waals surface area contributed by atoms with Crippen LogP contribution in [0.3, 0.4) is 0 Å². The number of rotatable bonds is 3. The predicted molar refractivity (Wildman–Crippen MR) is 51.8 cm³/mol. The van der Waals surface area contributed by atoms with Crippen LogP contribution in [0.25, 0.3) is 0 Å². The van der Waals surface area contributed by atoms with Gasteiger partial charge in [-0.2, -0.15) is 0 Å². The molecule has 0 saturated carbocycles. The summed E-state index contributed by atoms with van der Waals surface area (Å²) in [6, 6.07) is 3.89. The molecule has 12 heavy (non-hydrogen) atoms. The predicted octanol–water partition coefficient (Wildman–Crippen LogP) is 2.17. The Hall–Kier alpha value is -1.31. The van der Waals surface area contributed by atoms with Crippen molar-refractivity contribution in [3.63, 3.8) is 0 Å². The van der Waals surface area contributed by atoms with Gasteiger partial charge in [-0.05, 0) is 24.5 Å². The zero-order valence-corrected chi connectivity index (χ0v) is 7.38. The van der Waals surface area contributed by atoms with Crippen molar-refractivity contribution >= 4 is 5.82 Å². The highest BCUT2D eigenvalue weighted by molar-refractivity contribution is 5.40. The summed E-state index contributed by atoms with van der Waals surface area (Å²) in [7, 11) is 0. The van der Waals surface area contributed by atoms with Crippen molar-refractivity contribution in [3.8, 4) is 0 Å². The van der Waals surface area contributed by atoms with Gasteiger partial charge in [0.2, 0.25) is 0 Å². The molecule has 0 aliphatic heterocycles. The number of nitrogens with zero attached hydrogens (tertiary/aromatic N) is 1. The van der Waals surface area contributed by atoms with Gasteiger partial charge in [0.15, 0.2) is 0 Å². The molecule has 0 radical (unpaired) electrons. The van der Waals surface area contributed by atoms with Gasteiger partial charge in [0, 0.05) is 6.20 Å². The highest BCUT2D eigenvalue weighted by atomic mass is 14.8. The van der Waals surface area contributed by atoms with Crippen LogP contribution in [-0.2, 0) is 6.42 Å². The quantitative estimate of drug-likeness (QED) is 0.692. The van der Waals surface area contributed by atoms with Crippen molar-refractivity contribution in [1.82, 2.24) is 4.98 Å². The molecule has 1 aromatic rings. The van der Waals surface area contributed by atoms with Crippen LogP contribution in [0.15, 0.2) is 30.5 Å². The van der Waals surface area contributed by atoms with Crippen LogP contribution in [-0.4, -0.2) is 4.98 Å². The molecule has 0 aliphatic rings. The summed E-state index contributed by atoms with van der Waals surface area (Å²) in [5, 5.41) is 0. The van der Waals surface area contributed by atoms with E-state index in [0.717, 1.165) is 18.4 Å². The minimum Gasteiger partial charge on any atom is -0.383 e. The fourth-order valence-electron chi connectivity index (χ4n) is 0.995. The average Bonchev–Trinajstić information content (AvgIpc) is 2.09. The number of nitrogens with two attached hydrogens (primary N) is 1. The fraction of sp³-hybridized carbons (Fsp3) is 0.300. The van der Waals surface area contributed by atoms with E-state index in [2.05, 4.69) is 18.5 Å². The number of anilines is 1. The number of pyridine rings is 1. The molecule has 0 fully saturated rings. The molecule has 2 N–H and O–H groups in total. The van der Waals surface area contributed by atoms with E-state index in [1.54, 1.807) is 6.20 Å². The normalized spacial score (nSPS) is 9.75. The molecule has 0 unspecified atom stereocenters. The van der Waals surface area contributed by atoms with Gasteiger partial charge in [-0.25, -0.2) is 4.98 Å². The second-order valence-corrected chi connectivity index (χ2v) is 2.83. The number of nitrogen functional groups attached to an aromatic ring is 1. The first kappa shape index (κ1) is 8.78. The number of aromatic nitrogens is 1. The molecule has 0 aliphatic carbocycles. The Morgan fingerprint density at radius 2 is 2.42 bits per heavy atom. The molecular formula is C10H14N2. The Balaban J connectivity index is 2.75. The van der Waals surface area contributed by atoms with Gasteiger partial charge in [-0.15, -0.1) is 0 Å². The summed E-state index contributed by atoms with van der Waals surface area (Å²) in [6.45, 7) is 6.02. The van der Waals surface area contributed by atoms with E-state index in [1.165, 1.54) is 5.57 Å². The lowest BCUT2D eigenvalue weighted by molar-refractivity contribution is 1.01. The third kappa shape index (κ3) is 2.09. The van der Waals surface area contributed by atoms with Crippen LogP contribution >= 0.6 is 0 Å². The highest BCUT2D eigenvalue weighted by Gasteiger charge is 1.99. The zero-order valence-electron chi connectivity index (χ0n) is 7.38. The Bertz CT molecular complexity index is 279. The van der Waals surface area contributed by atoms with Crippen molar-refractivity contribution in [2.24, 2.45) is 0 Å². The van der Waals surface area contributed by atoms with Gasteiger partial charge < -0.3 is 5.73 Å². The molecule has 0 saturated heterocycles. The molecule has 1 heterocycles. The monoisotopic (exact) mass is 162 g/mol. The van der Waals surface area contributed by atoms with Crippen LogP contribution in [0.1, 0.15) is 18.9 Å². The van der Waals surface area contributed by atoms with Gasteiger partial charge in [0.25, 0.3) is 0 Å². The standard InChI is InChI=1S/C10H14N2/c1-3-8(2)7-9-5-4-6-12-10(9)11/h4-6H,2-3,7H2,1H3,(H2,11,12). The van der Waals surface area contributed by atoms with E-state index in [0.29, 0.717) is 5.82 Å². The third-order valence-corrected chi connectivity index (χ3v) is 1.87. The zero-order chi connectivity index (χ0) is 8.97. The minimum atomic E-state index is 0.618. The molecule has 0 atom stereocenters. The lowest BCUT2D eigenvalue weighted by Crippen LogP contribution is -1.97. The summed E-state index contributed by atoms with van der Waals surface area (Å²) < 4.78 is 0. The molecule has 0 bridgehead atoms. The second-order valence-electron chi connectivity index (χ2n) is 2.83. The summed E-state index contributed by atoms with van der Waals surface area (Å²) in [5.41, 5.74) is 7.93. The van der Waals surface area contributed by atoms with Crippen molar-refractivity contribution in [2.75, 3.05) is 5.73 Å². The molecule has 64 valence electrons. The van der Waals surface area contributed by atoms with Crippen molar-refractivity contribution < 1.29 is 0 Å². The molecule has 0 spiro atoms. The van der Waals surface area contributed by atoms with Gasteiger partial charge in [-0.3, -0.25) is 0 Å². The Labute approximate surface area is 73.1 Å². The largest absolute Gasteiger partial charge is 0.383 e. The smallest absolute Gasteiger partial charge is 0.126 e. The van der Waals surface area contributed by atoms with Crippen LogP contribution in [0.4, 0.5) is 5.82 Å². The molecule has 0 amide bonds. The molecule has 1 aromatic heterocycles. The number of allylic oxidation sites excluding steroid dienone is 1. The van der Waals surface area contributed by atoms with Crippen molar-refractivity contribution in [1.29, 1.82) is 0 Å². The van der Waals surface area contributed by atoms with Crippen molar-refractivity contribution in [2.45, 2.75) is 19.8 Å². The molecule has 2 nitrogen and oxygen atoms in total. The van der Waals surface area contributed by atoms with E-state index >= 15 is 0 Å². The van der Waals surface area contributed by atoms with Crippen LogP contribution in [0.2, 0.25) is 0 Å². The van der Waals surface area contributed by atoms with E-state index in [1.807, 2.05) is 12.1 Å². The molecule has 2 heteroatoms.